The topological polar surface area (TPSA) is 43.1 Å². The first kappa shape index (κ1) is 13.3. The van der Waals surface area contributed by atoms with E-state index in [0.29, 0.717) is 5.56 Å². The molecule has 2 aromatic carbocycles. The van der Waals surface area contributed by atoms with Crippen molar-refractivity contribution < 1.29 is 4.79 Å². The number of hydrogen-bond acceptors (Lipinski definition) is 1. The Hall–Kier alpha value is -2.09. The Morgan fingerprint density at radius 2 is 1.58 bits per heavy atom. The van der Waals surface area contributed by atoms with Gasteiger partial charge in [0.05, 0.1) is 0 Å². The molecule has 2 aromatic rings. The normalized spacial score (nSPS) is 11.3. The molecule has 0 heterocycles. The highest BCUT2D eigenvalue weighted by Crippen LogP contribution is 2.28. The Kier molecular flexibility index (Phi) is 3.70. The summed E-state index contributed by atoms with van der Waals surface area (Å²) in [7, 11) is 0. The molecule has 2 nitrogen and oxygen atoms in total. The van der Waals surface area contributed by atoms with Crippen LogP contribution in [-0.4, -0.2) is 5.91 Å². The summed E-state index contributed by atoms with van der Waals surface area (Å²) in [4.78, 5) is 11.5. The molecule has 0 aromatic heterocycles. The second-order valence-corrected chi connectivity index (χ2v) is 5.45. The Morgan fingerprint density at radius 1 is 1.00 bits per heavy atom. The third kappa shape index (κ3) is 3.02. The van der Waals surface area contributed by atoms with Crippen LogP contribution in [0.2, 0.25) is 0 Å². The highest BCUT2D eigenvalue weighted by molar-refractivity contribution is 5.94. The van der Waals surface area contributed by atoms with Crippen LogP contribution in [0.25, 0.3) is 0 Å². The third-order valence-corrected chi connectivity index (χ3v) is 3.47. The van der Waals surface area contributed by atoms with Gasteiger partial charge in [0.25, 0.3) is 0 Å². The molecule has 0 aliphatic heterocycles. The number of rotatable bonds is 4. The van der Waals surface area contributed by atoms with E-state index < -0.39 is 0 Å². The lowest BCUT2D eigenvalue weighted by atomic mass is 9.78. The highest BCUT2D eigenvalue weighted by Gasteiger charge is 2.22. The molecule has 0 saturated heterocycles. The van der Waals surface area contributed by atoms with E-state index >= 15 is 0 Å². The van der Waals surface area contributed by atoms with E-state index in [1.807, 2.05) is 36.4 Å². The Labute approximate surface area is 114 Å². The fourth-order valence-corrected chi connectivity index (χ4v) is 2.38. The van der Waals surface area contributed by atoms with Gasteiger partial charge >= 0.3 is 0 Å². The minimum absolute atomic E-state index is 0.0349. The van der Waals surface area contributed by atoms with Crippen LogP contribution in [0.4, 0.5) is 0 Å². The largest absolute Gasteiger partial charge is 0.366 e. The van der Waals surface area contributed by atoms with Gasteiger partial charge in [-0.05, 0) is 29.0 Å². The zero-order valence-electron chi connectivity index (χ0n) is 11.4. The smallest absolute Gasteiger partial charge is 0.248 e. The lowest BCUT2D eigenvalue weighted by Crippen LogP contribution is -2.23. The van der Waals surface area contributed by atoms with Gasteiger partial charge in [0.15, 0.2) is 0 Å². The quantitative estimate of drug-likeness (QED) is 0.892. The first-order valence-electron chi connectivity index (χ1n) is 6.44. The summed E-state index contributed by atoms with van der Waals surface area (Å²) in [5.41, 5.74) is 8.28. The van der Waals surface area contributed by atoms with Crippen molar-refractivity contribution in [3.05, 3.63) is 71.3 Å². The van der Waals surface area contributed by atoms with Crippen LogP contribution in [0, 0.1) is 0 Å². The van der Waals surface area contributed by atoms with Gasteiger partial charge in [-0.1, -0.05) is 62.4 Å². The second kappa shape index (κ2) is 5.27. The highest BCUT2D eigenvalue weighted by atomic mass is 16.1. The Morgan fingerprint density at radius 3 is 2.21 bits per heavy atom. The second-order valence-electron chi connectivity index (χ2n) is 5.45. The fourth-order valence-electron chi connectivity index (χ4n) is 2.38. The van der Waals surface area contributed by atoms with Gasteiger partial charge in [-0.3, -0.25) is 4.79 Å². The molecule has 0 unspecified atom stereocenters. The van der Waals surface area contributed by atoms with E-state index in [0.717, 1.165) is 12.0 Å². The lowest BCUT2D eigenvalue weighted by molar-refractivity contribution is 0.0999. The van der Waals surface area contributed by atoms with E-state index in [1.54, 1.807) is 6.07 Å². The average Bonchev–Trinajstić information content (AvgIpc) is 2.39. The number of carbonyl (C=O) groups is 1. The minimum atomic E-state index is -0.362. The van der Waals surface area contributed by atoms with E-state index in [-0.39, 0.29) is 11.3 Å². The Bertz CT molecular complexity index is 573. The molecule has 0 bridgehead atoms. The van der Waals surface area contributed by atoms with Crippen LogP contribution < -0.4 is 5.73 Å². The summed E-state index contributed by atoms with van der Waals surface area (Å²) in [5, 5.41) is 0. The molecule has 0 fully saturated rings. The molecular formula is C17H19NO. The summed E-state index contributed by atoms with van der Waals surface area (Å²) in [6.07, 6.45) is 0.788. The fraction of sp³-hybridized carbons (Fsp3) is 0.235. The molecule has 1 amide bonds. The molecular weight excluding hydrogens is 234 g/mol. The zero-order chi connectivity index (χ0) is 13.9. The van der Waals surface area contributed by atoms with Crippen LogP contribution in [0.1, 0.15) is 35.3 Å². The molecule has 0 atom stereocenters. The first-order valence-corrected chi connectivity index (χ1v) is 6.44. The first-order chi connectivity index (χ1) is 9.00. The van der Waals surface area contributed by atoms with Gasteiger partial charge in [-0.2, -0.15) is 0 Å². The van der Waals surface area contributed by atoms with Crippen LogP contribution in [0.5, 0.6) is 0 Å². The maximum absolute atomic E-state index is 11.5. The summed E-state index contributed by atoms with van der Waals surface area (Å²) in [6, 6.07) is 17.9. The van der Waals surface area contributed by atoms with Crippen LogP contribution in [0.15, 0.2) is 54.6 Å². The molecule has 98 valence electrons. The van der Waals surface area contributed by atoms with Crippen molar-refractivity contribution in [3.8, 4) is 0 Å². The zero-order valence-corrected chi connectivity index (χ0v) is 11.4. The summed E-state index contributed by atoms with van der Waals surface area (Å²) in [5.74, 6) is -0.362. The minimum Gasteiger partial charge on any atom is -0.366 e. The van der Waals surface area contributed by atoms with Crippen molar-refractivity contribution in [1.82, 2.24) is 0 Å². The molecule has 0 spiro atoms. The molecule has 0 radical (unpaired) electrons. The molecule has 2 N–H and O–H groups in total. The van der Waals surface area contributed by atoms with Crippen LogP contribution >= 0.6 is 0 Å². The van der Waals surface area contributed by atoms with Gasteiger partial charge in [0.2, 0.25) is 5.91 Å². The van der Waals surface area contributed by atoms with Crippen molar-refractivity contribution in [2.24, 2.45) is 5.73 Å². The van der Waals surface area contributed by atoms with Crippen LogP contribution in [0.3, 0.4) is 0 Å². The monoisotopic (exact) mass is 253 g/mol. The van der Waals surface area contributed by atoms with E-state index in [4.69, 9.17) is 5.73 Å². The maximum Gasteiger partial charge on any atom is 0.248 e. The summed E-state index contributed by atoms with van der Waals surface area (Å²) >= 11 is 0. The van der Waals surface area contributed by atoms with Crippen molar-refractivity contribution in [2.45, 2.75) is 25.7 Å². The van der Waals surface area contributed by atoms with Gasteiger partial charge in [0.1, 0.15) is 0 Å². The number of benzene rings is 2. The van der Waals surface area contributed by atoms with E-state index in [9.17, 15) is 4.79 Å². The predicted octanol–water partition coefficient (Wildman–Crippen LogP) is 3.31. The van der Waals surface area contributed by atoms with Gasteiger partial charge in [0, 0.05) is 5.56 Å². The number of carbonyl (C=O) groups excluding carboxylic acids is 1. The molecule has 0 saturated carbocycles. The van der Waals surface area contributed by atoms with Crippen LogP contribution in [-0.2, 0) is 11.8 Å². The molecule has 0 aliphatic rings. The number of hydrogen-bond donors (Lipinski definition) is 1. The summed E-state index contributed by atoms with van der Waals surface area (Å²) in [6.45, 7) is 4.36. The third-order valence-electron chi connectivity index (χ3n) is 3.47. The molecule has 2 heteroatoms. The summed E-state index contributed by atoms with van der Waals surface area (Å²) < 4.78 is 0. The molecule has 2 rings (SSSR count). The van der Waals surface area contributed by atoms with Gasteiger partial charge in [-0.15, -0.1) is 0 Å². The molecule has 19 heavy (non-hydrogen) atoms. The Balaban J connectivity index is 2.33. The average molecular weight is 253 g/mol. The van der Waals surface area contributed by atoms with Crippen molar-refractivity contribution in [2.75, 3.05) is 0 Å². The lowest BCUT2D eigenvalue weighted by Gasteiger charge is -2.26. The van der Waals surface area contributed by atoms with Crippen molar-refractivity contribution >= 4 is 5.91 Å². The maximum atomic E-state index is 11.5. The standard InChI is InChI=1S/C17H19NO/c1-17(2,14-9-4-3-5-10-14)12-13-8-6-7-11-15(13)16(18)19/h3-11H,12H2,1-2H3,(H2,18,19). The van der Waals surface area contributed by atoms with E-state index in [2.05, 4.69) is 26.0 Å². The number of nitrogens with two attached hydrogens (primary N) is 1. The van der Waals surface area contributed by atoms with Gasteiger partial charge in [-0.25, -0.2) is 0 Å². The van der Waals surface area contributed by atoms with Crippen molar-refractivity contribution in [1.29, 1.82) is 0 Å². The van der Waals surface area contributed by atoms with Crippen molar-refractivity contribution in [3.63, 3.8) is 0 Å². The molecule has 0 aliphatic carbocycles. The number of amides is 1. The SMILES string of the molecule is CC(C)(Cc1ccccc1C(N)=O)c1ccccc1. The van der Waals surface area contributed by atoms with E-state index in [1.165, 1.54) is 5.56 Å². The number of primary amides is 1. The van der Waals surface area contributed by atoms with Gasteiger partial charge < -0.3 is 5.73 Å². The predicted molar refractivity (Wildman–Crippen MR) is 78.1 cm³/mol.